The van der Waals surface area contributed by atoms with E-state index in [1.54, 1.807) is 5.32 Å². The van der Waals surface area contributed by atoms with Crippen molar-refractivity contribution in [3.8, 4) is 0 Å². The van der Waals surface area contributed by atoms with Gasteiger partial charge in [0.1, 0.15) is 0 Å². The summed E-state index contributed by atoms with van der Waals surface area (Å²) in [7, 11) is 0. The molecule has 0 saturated heterocycles. The summed E-state index contributed by atoms with van der Waals surface area (Å²) < 4.78 is 93.7. The second-order valence-electron chi connectivity index (χ2n) is 4.81. The molecule has 4 nitrogen and oxygen atoms in total. The third-order valence-corrected chi connectivity index (χ3v) is 4.14. The van der Waals surface area contributed by atoms with E-state index < -0.39 is 74.5 Å². The van der Waals surface area contributed by atoms with Crippen LogP contribution in [0.25, 0.3) is 0 Å². The minimum atomic E-state index is -2.49. The summed E-state index contributed by atoms with van der Waals surface area (Å²) in [6, 6.07) is 1.18. The molecule has 0 bridgehead atoms. The lowest BCUT2D eigenvalue weighted by molar-refractivity contribution is -0.255. The van der Waals surface area contributed by atoms with E-state index in [1.807, 2.05) is 0 Å². The van der Waals surface area contributed by atoms with Crippen molar-refractivity contribution >= 4 is 29.3 Å². The van der Waals surface area contributed by atoms with E-state index in [-0.39, 0.29) is 11.8 Å². The quantitative estimate of drug-likeness (QED) is 0.355. The zero-order chi connectivity index (χ0) is 20.5. The predicted molar refractivity (Wildman–Crippen MR) is 76.3 cm³/mol. The molecule has 12 heteroatoms. The van der Waals surface area contributed by atoms with Gasteiger partial charge >= 0.3 is 0 Å². The molecule has 0 aliphatic carbocycles. The Morgan fingerprint density at radius 3 is 1.93 bits per heavy atom. The molecule has 0 heterocycles. The molecule has 0 unspecified atom stereocenters. The molecule has 144 valence electrons. The summed E-state index contributed by atoms with van der Waals surface area (Å²) in [5, 5.41) is 12.3. The van der Waals surface area contributed by atoms with E-state index in [0.717, 1.165) is 0 Å². The number of hydrogen-bond donors (Lipinski definition) is 1. The van der Waals surface area contributed by atoms with Crippen LogP contribution >= 0.6 is 11.8 Å². The Labute approximate surface area is 150 Å². The van der Waals surface area contributed by atoms with Gasteiger partial charge in [0.25, 0.3) is 0 Å². The van der Waals surface area contributed by atoms with Crippen molar-refractivity contribution in [3.63, 3.8) is 0 Å². The number of carbonyl (C=O) groups is 2. The number of rotatable bonds is 5. The van der Waals surface area contributed by atoms with Crippen molar-refractivity contribution in [1.29, 1.82) is 0 Å². The summed E-state index contributed by atoms with van der Waals surface area (Å²) in [5.74, 6) is -18.4. The van der Waals surface area contributed by atoms with Crippen LogP contribution in [0.5, 0.6) is 0 Å². The van der Waals surface area contributed by atoms with E-state index in [1.165, 1.54) is 0 Å². The van der Waals surface area contributed by atoms with Crippen LogP contribution in [-0.4, -0.2) is 17.6 Å². The smallest absolute Gasteiger partial charge is 0.234 e. The van der Waals surface area contributed by atoms with Crippen molar-refractivity contribution < 1.29 is 45.4 Å². The van der Waals surface area contributed by atoms with Crippen LogP contribution in [0.1, 0.15) is 10.4 Å². The van der Waals surface area contributed by atoms with Crippen molar-refractivity contribution in [2.24, 2.45) is 0 Å². The lowest BCUT2D eigenvalue weighted by atomic mass is 10.2. The van der Waals surface area contributed by atoms with Gasteiger partial charge in [-0.15, -0.1) is 11.8 Å². The Balaban J connectivity index is 2.21. The van der Waals surface area contributed by atoms with Gasteiger partial charge in [-0.25, -0.2) is 30.7 Å². The SMILES string of the molecule is O=C(CSc1c(F)c(F)c(C(=O)[O-])c(F)c1F)Nc1ccc(F)c(F)c1F. The Bertz CT molecular complexity index is 923. The molecule has 0 aromatic heterocycles. The first-order chi connectivity index (χ1) is 12.6. The average molecular weight is 412 g/mol. The average Bonchev–Trinajstić information content (AvgIpc) is 2.60. The number of carboxylic acid groups (broad SMARTS) is 1. The minimum absolute atomic E-state index is 0.0827. The van der Waals surface area contributed by atoms with Crippen molar-refractivity contribution in [3.05, 3.63) is 58.4 Å². The number of aromatic carboxylic acids is 1. The van der Waals surface area contributed by atoms with Gasteiger partial charge in [0.2, 0.25) is 5.91 Å². The Hall–Kier alpha value is -2.76. The highest BCUT2D eigenvalue weighted by Crippen LogP contribution is 2.31. The van der Waals surface area contributed by atoms with Crippen LogP contribution in [0.15, 0.2) is 17.0 Å². The van der Waals surface area contributed by atoms with Crippen LogP contribution in [-0.2, 0) is 4.79 Å². The third-order valence-electron chi connectivity index (χ3n) is 3.08. The molecule has 1 N–H and O–H groups in total. The van der Waals surface area contributed by atoms with E-state index in [9.17, 15) is 45.4 Å². The maximum atomic E-state index is 13.7. The Morgan fingerprint density at radius 1 is 0.852 bits per heavy atom. The maximum absolute atomic E-state index is 13.7. The summed E-state index contributed by atoms with van der Waals surface area (Å²) >= 11 is -0.0827. The Kier molecular flexibility index (Phi) is 5.98. The van der Waals surface area contributed by atoms with Gasteiger partial charge < -0.3 is 15.2 Å². The number of carboxylic acids is 1. The molecule has 0 radical (unpaired) electrons. The zero-order valence-corrected chi connectivity index (χ0v) is 13.5. The summed E-state index contributed by atoms with van der Waals surface area (Å²) in [6.07, 6.45) is 0. The first kappa shape index (κ1) is 20.6. The lowest BCUT2D eigenvalue weighted by Gasteiger charge is -2.12. The number of benzene rings is 2. The molecule has 0 atom stereocenters. The first-order valence-corrected chi connectivity index (χ1v) is 7.68. The summed E-state index contributed by atoms with van der Waals surface area (Å²) in [4.78, 5) is 20.8. The number of hydrogen-bond acceptors (Lipinski definition) is 4. The van der Waals surface area contributed by atoms with Crippen LogP contribution in [0.4, 0.5) is 36.4 Å². The number of anilines is 1. The summed E-state index contributed by atoms with van der Waals surface area (Å²) in [6.45, 7) is 0. The molecule has 0 aliphatic rings. The van der Waals surface area contributed by atoms with E-state index in [0.29, 0.717) is 12.1 Å². The van der Waals surface area contributed by atoms with Gasteiger partial charge in [0.05, 0.1) is 27.9 Å². The van der Waals surface area contributed by atoms with Gasteiger partial charge in [-0.2, -0.15) is 0 Å². The molecule has 2 rings (SSSR count). The highest BCUT2D eigenvalue weighted by molar-refractivity contribution is 8.00. The molecule has 2 aromatic carbocycles. The molecule has 1 amide bonds. The number of thioether (sulfide) groups is 1. The van der Waals surface area contributed by atoms with Gasteiger partial charge in [-0.3, -0.25) is 4.79 Å². The monoisotopic (exact) mass is 412 g/mol. The number of amides is 1. The van der Waals surface area contributed by atoms with E-state index in [2.05, 4.69) is 0 Å². The number of halogens is 7. The second-order valence-corrected chi connectivity index (χ2v) is 5.79. The largest absolute Gasteiger partial charge is 0.545 e. The second kappa shape index (κ2) is 7.86. The van der Waals surface area contributed by atoms with E-state index in [4.69, 9.17) is 0 Å². The van der Waals surface area contributed by atoms with Gasteiger partial charge in [-0.1, -0.05) is 0 Å². The third kappa shape index (κ3) is 3.99. The fourth-order valence-corrected chi connectivity index (χ4v) is 2.64. The number of nitrogens with one attached hydrogen (secondary N) is 1. The van der Waals surface area contributed by atoms with Crippen molar-refractivity contribution in [2.45, 2.75) is 4.90 Å². The molecular weight excluding hydrogens is 407 g/mol. The van der Waals surface area contributed by atoms with Crippen LogP contribution in [0, 0.1) is 40.7 Å². The van der Waals surface area contributed by atoms with Crippen LogP contribution in [0.2, 0.25) is 0 Å². The molecular formula is C15H5F7NO3S-. The van der Waals surface area contributed by atoms with Crippen LogP contribution in [0.3, 0.4) is 0 Å². The topological polar surface area (TPSA) is 69.2 Å². The normalized spacial score (nSPS) is 10.8. The van der Waals surface area contributed by atoms with Gasteiger partial charge in [0, 0.05) is 0 Å². The summed E-state index contributed by atoms with van der Waals surface area (Å²) in [5.41, 5.74) is -2.74. The molecule has 2 aromatic rings. The first-order valence-electron chi connectivity index (χ1n) is 6.69. The highest BCUT2D eigenvalue weighted by atomic mass is 32.2. The molecule has 27 heavy (non-hydrogen) atoms. The fraction of sp³-hybridized carbons (Fsp3) is 0.0667. The Morgan fingerprint density at radius 2 is 1.41 bits per heavy atom. The zero-order valence-electron chi connectivity index (χ0n) is 12.6. The fourth-order valence-electron chi connectivity index (χ4n) is 1.86. The molecule has 0 saturated carbocycles. The standard InChI is InChI=1S/C15H6F7NO3S/c16-4-1-2-5(9(18)8(4)17)23-6(24)3-27-14-12(21)10(19)7(15(25)26)11(20)13(14)22/h1-2H,3H2,(H,23,24)(H,25,26)/p-1. The van der Waals surface area contributed by atoms with Crippen molar-refractivity contribution in [1.82, 2.24) is 0 Å². The highest BCUT2D eigenvalue weighted by Gasteiger charge is 2.27. The predicted octanol–water partition coefficient (Wildman–Crippen LogP) is 2.75. The van der Waals surface area contributed by atoms with E-state index >= 15 is 0 Å². The van der Waals surface area contributed by atoms with Crippen LogP contribution < -0.4 is 10.4 Å². The van der Waals surface area contributed by atoms with Gasteiger partial charge in [0.15, 0.2) is 40.7 Å². The number of carbonyl (C=O) groups excluding carboxylic acids is 2. The van der Waals surface area contributed by atoms with Crippen molar-refractivity contribution in [2.75, 3.05) is 11.1 Å². The van der Waals surface area contributed by atoms with Gasteiger partial charge in [-0.05, 0) is 12.1 Å². The molecule has 0 aliphatic heterocycles. The lowest BCUT2D eigenvalue weighted by Crippen LogP contribution is -2.26. The maximum Gasteiger partial charge on any atom is 0.234 e. The minimum Gasteiger partial charge on any atom is -0.545 e. The molecule has 0 fully saturated rings. The molecule has 0 spiro atoms.